The summed E-state index contributed by atoms with van der Waals surface area (Å²) < 4.78 is 11.6. The van der Waals surface area contributed by atoms with Crippen LogP contribution in [0, 0.1) is 0 Å². The summed E-state index contributed by atoms with van der Waals surface area (Å²) >= 11 is 5.82. The summed E-state index contributed by atoms with van der Waals surface area (Å²) in [5, 5.41) is 3.21. The number of amides is 1. The fourth-order valence-electron chi connectivity index (χ4n) is 1.84. The standard InChI is InChI=1S/C13H18BClN2O3/c1-12(2)13(3,4)20-14(19-12)8-17-11(18)10-7-9(15)5-6-16-10/h5-7H,8H2,1-4H3,(H,17,18). The second-order valence-electron chi connectivity index (χ2n) is 5.76. The molecular weight excluding hydrogens is 278 g/mol. The van der Waals surface area contributed by atoms with Gasteiger partial charge in [0.25, 0.3) is 5.91 Å². The van der Waals surface area contributed by atoms with Crippen molar-refractivity contribution < 1.29 is 14.1 Å². The van der Waals surface area contributed by atoms with Crippen molar-refractivity contribution in [2.45, 2.75) is 38.9 Å². The Hall–Kier alpha value is -1.11. The Morgan fingerprint density at radius 1 is 1.35 bits per heavy atom. The van der Waals surface area contributed by atoms with Crippen LogP contribution in [0.4, 0.5) is 0 Å². The molecule has 1 aromatic rings. The van der Waals surface area contributed by atoms with Gasteiger partial charge in [-0.2, -0.15) is 0 Å². The fourth-order valence-corrected chi connectivity index (χ4v) is 2.00. The molecule has 0 unspecified atom stereocenters. The highest BCUT2D eigenvalue weighted by molar-refractivity contribution is 6.46. The summed E-state index contributed by atoms with van der Waals surface area (Å²) in [5.74, 6) is -0.304. The van der Waals surface area contributed by atoms with E-state index in [4.69, 9.17) is 20.9 Å². The van der Waals surface area contributed by atoms with Crippen LogP contribution < -0.4 is 5.32 Å². The maximum atomic E-state index is 11.9. The molecule has 2 rings (SSSR count). The zero-order chi connectivity index (χ0) is 15.0. The molecule has 1 aliphatic rings. The lowest BCUT2D eigenvalue weighted by Gasteiger charge is -2.32. The van der Waals surface area contributed by atoms with Crippen molar-refractivity contribution in [2.24, 2.45) is 0 Å². The third-order valence-electron chi connectivity index (χ3n) is 3.69. The molecule has 1 fully saturated rings. The van der Waals surface area contributed by atoms with Crippen molar-refractivity contribution in [2.75, 3.05) is 6.44 Å². The van der Waals surface area contributed by atoms with Gasteiger partial charge >= 0.3 is 7.12 Å². The Balaban J connectivity index is 1.92. The number of carbonyl (C=O) groups excluding carboxylic acids is 1. The molecule has 1 saturated heterocycles. The van der Waals surface area contributed by atoms with Gasteiger partial charge in [-0.05, 0) is 39.8 Å². The van der Waals surface area contributed by atoms with E-state index in [0.717, 1.165) is 0 Å². The maximum Gasteiger partial charge on any atom is 0.478 e. The third-order valence-corrected chi connectivity index (χ3v) is 3.92. The minimum absolute atomic E-state index is 0.264. The molecule has 2 heterocycles. The zero-order valence-corrected chi connectivity index (χ0v) is 12.8. The fraction of sp³-hybridized carbons (Fsp3) is 0.538. The lowest BCUT2D eigenvalue weighted by molar-refractivity contribution is 0.00578. The van der Waals surface area contributed by atoms with Gasteiger partial charge in [0, 0.05) is 11.2 Å². The first-order chi connectivity index (χ1) is 9.21. The van der Waals surface area contributed by atoms with Crippen molar-refractivity contribution in [3.63, 3.8) is 0 Å². The maximum absolute atomic E-state index is 11.9. The number of aromatic nitrogens is 1. The molecule has 108 valence electrons. The van der Waals surface area contributed by atoms with Gasteiger partial charge in [0.15, 0.2) is 0 Å². The molecule has 1 aliphatic heterocycles. The Morgan fingerprint density at radius 3 is 2.50 bits per heavy atom. The predicted molar refractivity (Wildman–Crippen MR) is 77.7 cm³/mol. The highest BCUT2D eigenvalue weighted by atomic mass is 35.5. The van der Waals surface area contributed by atoms with Crippen molar-refractivity contribution >= 4 is 24.6 Å². The monoisotopic (exact) mass is 296 g/mol. The molecule has 1 aromatic heterocycles. The molecule has 0 saturated carbocycles. The van der Waals surface area contributed by atoms with E-state index in [-0.39, 0.29) is 18.0 Å². The second-order valence-corrected chi connectivity index (χ2v) is 6.19. The van der Waals surface area contributed by atoms with E-state index in [1.165, 1.54) is 12.3 Å². The van der Waals surface area contributed by atoms with Crippen LogP contribution in [0.15, 0.2) is 18.3 Å². The smallest absolute Gasteiger partial charge is 0.402 e. The van der Waals surface area contributed by atoms with E-state index in [1.54, 1.807) is 6.07 Å². The van der Waals surface area contributed by atoms with Crippen LogP contribution in [0.25, 0.3) is 0 Å². The molecule has 0 spiro atoms. The number of rotatable bonds is 3. The first kappa shape index (κ1) is 15.3. The molecule has 0 bridgehead atoms. The molecule has 0 aromatic carbocycles. The summed E-state index contributed by atoms with van der Waals surface area (Å²) in [6, 6.07) is 3.13. The molecule has 1 amide bonds. The third kappa shape index (κ3) is 3.14. The summed E-state index contributed by atoms with van der Waals surface area (Å²) in [4.78, 5) is 15.9. The van der Waals surface area contributed by atoms with E-state index in [2.05, 4.69) is 10.3 Å². The minimum Gasteiger partial charge on any atom is -0.402 e. The molecule has 20 heavy (non-hydrogen) atoms. The number of hydrogen-bond donors (Lipinski definition) is 1. The number of nitrogens with one attached hydrogen (secondary N) is 1. The summed E-state index contributed by atoms with van der Waals surface area (Å²) in [5.41, 5.74) is -0.540. The second kappa shape index (κ2) is 5.35. The van der Waals surface area contributed by atoms with Crippen molar-refractivity contribution in [3.05, 3.63) is 29.0 Å². The van der Waals surface area contributed by atoms with Gasteiger partial charge in [-0.25, -0.2) is 0 Å². The highest BCUT2D eigenvalue weighted by Crippen LogP contribution is 2.36. The van der Waals surface area contributed by atoms with Gasteiger partial charge in [0.05, 0.1) is 17.6 Å². The van der Waals surface area contributed by atoms with Crippen LogP contribution in [0.2, 0.25) is 5.02 Å². The van der Waals surface area contributed by atoms with Gasteiger partial charge in [-0.15, -0.1) is 0 Å². The molecule has 0 atom stereocenters. The molecule has 7 heteroatoms. The number of halogens is 1. The van der Waals surface area contributed by atoms with Crippen molar-refractivity contribution in [1.82, 2.24) is 10.3 Å². The van der Waals surface area contributed by atoms with E-state index < -0.39 is 18.3 Å². The Bertz CT molecular complexity index is 506. The van der Waals surface area contributed by atoms with Crippen LogP contribution in [0.1, 0.15) is 38.2 Å². The number of hydrogen-bond acceptors (Lipinski definition) is 4. The Kier molecular flexibility index (Phi) is 4.09. The molecular formula is C13H18BClN2O3. The summed E-state index contributed by atoms with van der Waals surface area (Å²) in [6.45, 7) is 7.86. The molecule has 5 nitrogen and oxygen atoms in total. The van der Waals surface area contributed by atoms with Gasteiger partial charge in [0.1, 0.15) is 5.69 Å². The van der Waals surface area contributed by atoms with E-state index in [1.807, 2.05) is 27.7 Å². The predicted octanol–water partition coefficient (Wildman–Crippen LogP) is 2.10. The van der Waals surface area contributed by atoms with E-state index in [9.17, 15) is 4.79 Å². The van der Waals surface area contributed by atoms with Crippen molar-refractivity contribution in [3.8, 4) is 0 Å². The lowest BCUT2D eigenvalue weighted by atomic mass is 9.90. The van der Waals surface area contributed by atoms with Gasteiger partial charge in [-0.3, -0.25) is 9.78 Å². The zero-order valence-electron chi connectivity index (χ0n) is 12.1. The number of carbonyl (C=O) groups is 1. The summed E-state index contributed by atoms with van der Waals surface area (Å²) in [6.07, 6.45) is 1.76. The van der Waals surface area contributed by atoms with E-state index in [0.29, 0.717) is 5.02 Å². The largest absolute Gasteiger partial charge is 0.478 e. The Morgan fingerprint density at radius 2 is 1.95 bits per heavy atom. The lowest BCUT2D eigenvalue weighted by Crippen LogP contribution is -2.41. The first-order valence-corrected chi connectivity index (χ1v) is 6.84. The summed E-state index contributed by atoms with van der Waals surface area (Å²) in [7, 11) is -0.469. The topological polar surface area (TPSA) is 60.5 Å². The number of nitrogens with zero attached hydrogens (tertiary/aromatic N) is 1. The first-order valence-electron chi connectivity index (χ1n) is 6.47. The molecule has 0 radical (unpaired) electrons. The van der Waals surface area contributed by atoms with Gasteiger partial charge in [-0.1, -0.05) is 11.6 Å². The van der Waals surface area contributed by atoms with Crippen molar-refractivity contribution in [1.29, 1.82) is 0 Å². The normalized spacial score (nSPS) is 19.9. The minimum atomic E-state index is -0.469. The quantitative estimate of drug-likeness (QED) is 0.868. The van der Waals surface area contributed by atoms with Crippen LogP contribution in [-0.4, -0.2) is 35.7 Å². The highest BCUT2D eigenvalue weighted by Gasteiger charge is 2.50. The average Bonchev–Trinajstić information content (AvgIpc) is 2.55. The number of pyridine rings is 1. The van der Waals surface area contributed by atoms with Gasteiger partial charge < -0.3 is 14.6 Å². The molecule has 0 aliphatic carbocycles. The SMILES string of the molecule is CC1(C)OB(CNC(=O)c2cc(Cl)ccn2)OC1(C)C. The average molecular weight is 297 g/mol. The van der Waals surface area contributed by atoms with Crippen LogP contribution >= 0.6 is 11.6 Å². The van der Waals surface area contributed by atoms with Crippen LogP contribution in [0.5, 0.6) is 0 Å². The van der Waals surface area contributed by atoms with Crippen LogP contribution in [0.3, 0.4) is 0 Å². The Labute approximate surface area is 124 Å². The van der Waals surface area contributed by atoms with E-state index >= 15 is 0 Å². The van der Waals surface area contributed by atoms with Gasteiger partial charge in [0.2, 0.25) is 0 Å². The molecule has 1 N–H and O–H groups in total. The van der Waals surface area contributed by atoms with Crippen LogP contribution in [-0.2, 0) is 9.31 Å².